The fourth-order valence-electron chi connectivity index (χ4n) is 1.89. The van der Waals surface area contributed by atoms with E-state index in [1.165, 1.54) is 24.0 Å². The van der Waals surface area contributed by atoms with Crippen molar-refractivity contribution < 1.29 is 0 Å². The van der Waals surface area contributed by atoms with E-state index in [-0.39, 0.29) is 17.0 Å². The first kappa shape index (κ1) is 15.0. The third-order valence-electron chi connectivity index (χ3n) is 2.97. The lowest BCUT2D eigenvalue weighted by molar-refractivity contribution is 0.741. The van der Waals surface area contributed by atoms with Crippen LogP contribution in [0.3, 0.4) is 0 Å². The summed E-state index contributed by atoms with van der Waals surface area (Å²) in [4.78, 5) is 4.46. The van der Waals surface area contributed by atoms with Crippen LogP contribution in [0, 0.1) is 6.92 Å². The average molecular weight is 312 g/mol. The number of aliphatic imine (C=N–C) groups is 1. The SMILES string of the molecule is Br.Cc1ccc(CCNC2=NCCCCN2)cc1. The van der Waals surface area contributed by atoms with Gasteiger partial charge in [0.15, 0.2) is 5.96 Å². The summed E-state index contributed by atoms with van der Waals surface area (Å²) in [6, 6.07) is 8.71. The zero-order valence-electron chi connectivity index (χ0n) is 10.9. The first-order valence-electron chi connectivity index (χ1n) is 6.42. The van der Waals surface area contributed by atoms with Gasteiger partial charge in [0.1, 0.15) is 0 Å². The number of guanidine groups is 1. The van der Waals surface area contributed by atoms with E-state index in [9.17, 15) is 0 Å². The predicted molar refractivity (Wildman–Crippen MR) is 82.7 cm³/mol. The van der Waals surface area contributed by atoms with Crippen LogP contribution in [0.15, 0.2) is 29.3 Å². The van der Waals surface area contributed by atoms with Crippen molar-refractivity contribution >= 4 is 22.9 Å². The first-order chi connectivity index (χ1) is 8.34. The van der Waals surface area contributed by atoms with Crippen molar-refractivity contribution in [2.24, 2.45) is 4.99 Å². The van der Waals surface area contributed by atoms with Gasteiger partial charge in [-0.2, -0.15) is 0 Å². The quantitative estimate of drug-likeness (QED) is 0.899. The summed E-state index contributed by atoms with van der Waals surface area (Å²) < 4.78 is 0. The smallest absolute Gasteiger partial charge is 0.191 e. The molecule has 1 aromatic rings. The Balaban J connectivity index is 0.00000162. The van der Waals surface area contributed by atoms with Crippen molar-refractivity contribution in [1.82, 2.24) is 10.6 Å². The Bertz CT molecular complexity index is 373. The zero-order chi connectivity index (χ0) is 11.9. The lowest BCUT2D eigenvalue weighted by Crippen LogP contribution is -2.38. The van der Waals surface area contributed by atoms with Crippen LogP contribution in [0.25, 0.3) is 0 Å². The van der Waals surface area contributed by atoms with E-state index in [0.29, 0.717) is 0 Å². The van der Waals surface area contributed by atoms with Gasteiger partial charge in [0, 0.05) is 19.6 Å². The van der Waals surface area contributed by atoms with Crippen LogP contribution >= 0.6 is 17.0 Å². The second-order valence-corrected chi connectivity index (χ2v) is 4.53. The van der Waals surface area contributed by atoms with Crippen molar-refractivity contribution in [3.63, 3.8) is 0 Å². The van der Waals surface area contributed by atoms with Crippen molar-refractivity contribution in [3.05, 3.63) is 35.4 Å². The molecule has 0 unspecified atom stereocenters. The molecule has 100 valence electrons. The van der Waals surface area contributed by atoms with Crippen LogP contribution in [0.1, 0.15) is 24.0 Å². The van der Waals surface area contributed by atoms with Crippen molar-refractivity contribution in [2.75, 3.05) is 19.6 Å². The van der Waals surface area contributed by atoms with E-state index in [2.05, 4.69) is 46.8 Å². The molecule has 0 amide bonds. The maximum Gasteiger partial charge on any atom is 0.191 e. The fraction of sp³-hybridized carbons (Fsp3) is 0.500. The van der Waals surface area contributed by atoms with Gasteiger partial charge >= 0.3 is 0 Å². The van der Waals surface area contributed by atoms with Crippen molar-refractivity contribution in [3.8, 4) is 0 Å². The van der Waals surface area contributed by atoms with Gasteiger partial charge in [0.05, 0.1) is 0 Å². The number of benzene rings is 1. The lowest BCUT2D eigenvalue weighted by atomic mass is 10.1. The Hall–Kier alpha value is -1.03. The molecule has 1 aromatic carbocycles. The monoisotopic (exact) mass is 311 g/mol. The Morgan fingerprint density at radius 3 is 2.78 bits per heavy atom. The van der Waals surface area contributed by atoms with Crippen molar-refractivity contribution in [2.45, 2.75) is 26.2 Å². The number of nitrogens with one attached hydrogen (secondary N) is 2. The van der Waals surface area contributed by atoms with E-state index in [1.807, 2.05) is 0 Å². The largest absolute Gasteiger partial charge is 0.356 e. The molecule has 2 rings (SSSR count). The molecular formula is C14H22BrN3. The number of halogens is 1. The summed E-state index contributed by atoms with van der Waals surface area (Å²) >= 11 is 0. The number of aryl methyl sites for hydroxylation is 1. The summed E-state index contributed by atoms with van der Waals surface area (Å²) in [6.45, 7) is 5.04. The van der Waals surface area contributed by atoms with Gasteiger partial charge in [-0.3, -0.25) is 4.99 Å². The van der Waals surface area contributed by atoms with Crippen LogP contribution in [-0.2, 0) is 6.42 Å². The first-order valence-corrected chi connectivity index (χ1v) is 6.42. The second kappa shape index (κ2) is 8.14. The molecule has 0 aromatic heterocycles. The third kappa shape index (κ3) is 5.08. The lowest BCUT2D eigenvalue weighted by Gasteiger charge is -2.10. The van der Waals surface area contributed by atoms with E-state index in [1.54, 1.807) is 0 Å². The molecule has 0 saturated carbocycles. The zero-order valence-corrected chi connectivity index (χ0v) is 12.6. The molecule has 0 bridgehead atoms. The molecule has 1 heterocycles. The van der Waals surface area contributed by atoms with Gasteiger partial charge in [0.25, 0.3) is 0 Å². The minimum atomic E-state index is 0. The molecule has 1 aliphatic rings. The molecular weight excluding hydrogens is 290 g/mol. The molecule has 2 N–H and O–H groups in total. The van der Waals surface area contributed by atoms with E-state index in [4.69, 9.17) is 0 Å². The molecule has 3 nitrogen and oxygen atoms in total. The van der Waals surface area contributed by atoms with Crippen LogP contribution in [0.2, 0.25) is 0 Å². The molecule has 1 aliphatic heterocycles. The Labute approximate surface area is 120 Å². The Kier molecular flexibility index (Phi) is 6.80. The maximum absolute atomic E-state index is 4.46. The summed E-state index contributed by atoms with van der Waals surface area (Å²) in [6.07, 6.45) is 3.45. The molecule has 0 radical (unpaired) electrons. The maximum atomic E-state index is 4.46. The average Bonchev–Trinajstić information content (AvgIpc) is 2.60. The van der Waals surface area contributed by atoms with Gasteiger partial charge in [-0.15, -0.1) is 17.0 Å². The van der Waals surface area contributed by atoms with Gasteiger partial charge in [0.2, 0.25) is 0 Å². The number of nitrogens with zero attached hydrogens (tertiary/aromatic N) is 1. The minimum Gasteiger partial charge on any atom is -0.356 e. The number of hydrogen-bond acceptors (Lipinski definition) is 3. The van der Waals surface area contributed by atoms with Gasteiger partial charge in [-0.1, -0.05) is 29.8 Å². The van der Waals surface area contributed by atoms with Crippen LogP contribution < -0.4 is 10.6 Å². The highest BCUT2D eigenvalue weighted by molar-refractivity contribution is 8.93. The molecule has 18 heavy (non-hydrogen) atoms. The van der Waals surface area contributed by atoms with Crippen molar-refractivity contribution in [1.29, 1.82) is 0 Å². The Morgan fingerprint density at radius 1 is 1.22 bits per heavy atom. The predicted octanol–water partition coefficient (Wildman–Crippen LogP) is 2.44. The topological polar surface area (TPSA) is 36.4 Å². The van der Waals surface area contributed by atoms with E-state index >= 15 is 0 Å². The molecule has 0 atom stereocenters. The standard InChI is InChI=1S/C14H21N3.BrH/c1-12-4-6-13(7-5-12)8-11-17-14-15-9-2-3-10-16-14;/h4-7H,2-3,8-11H2,1H3,(H2,15,16,17);1H. The fourth-order valence-corrected chi connectivity index (χ4v) is 1.89. The number of rotatable bonds is 3. The third-order valence-corrected chi connectivity index (χ3v) is 2.97. The van der Waals surface area contributed by atoms with E-state index in [0.717, 1.165) is 32.0 Å². The highest BCUT2D eigenvalue weighted by Crippen LogP contribution is 2.03. The van der Waals surface area contributed by atoms with Gasteiger partial charge in [-0.25, -0.2) is 0 Å². The summed E-state index contributed by atoms with van der Waals surface area (Å²) in [5.41, 5.74) is 2.69. The minimum absolute atomic E-state index is 0. The molecule has 0 aliphatic carbocycles. The highest BCUT2D eigenvalue weighted by atomic mass is 79.9. The second-order valence-electron chi connectivity index (χ2n) is 4.53. The highest BCUT2D eigenvalue weighted by Gasteiger charge is 2.01. The summed E-state index contributed by atoms with van der Waals surface area (Å²) in [5.74, 6) is 0.967. The molecule has 0 saturated heterocycles. The van der Waals surface area contributed by atoms with Crippen LogP contribution in [0.4, 0.5) is 0 Å². The molecule has 0 fully saturated rings. The molecule has 4 heteroatoms. The normalized spacial score (nSPS) is 14.8. The Morgan fingerprint density at radius 2 is 2.00 bits per heavy atom. The number of hydrogen-bond donors (Lipinski definition) is 2. The van der Waals surface area contributed by atoms with E-state index < -0.39 is 0 Å². The van der Waals surface area contributed by atoms with Crippen LogP contribution in [-0.4, -0.2) is 25.6 Å². The molecule has 0 spiro atoms. The summed E-state index contributed by atoms with van der Waals surface area (Å²) in [7, 11) is 0. The van der Waals surface area contributed by atoms with Gasteiger partial charge in [-0.05, 0) is 31.7 Å². The summed E-state index contributed by atoms with van der Waals surface area (Å²) in [5, 5.41) is 6.68. The van der Waals surface area contributed by atoms with Gasteiger partial charge < -0.3 is 10.6 Å². The van der Waals surface area contributed by atoms with Crippen LogP contribution in [0.5, 0.6) is 0 Å².